The summed E-state index contributed by atoms with van der Waals surface area (Å²) < 4.78 is 0. The molecular formula is C35H40N6O4. The van der Waals surface area contributed by atoms with Crippen LogP contribution in [0.15, 0.2) is 91.0 Å². The topological polar surface area (TPSA) is 94.2 Å². The molecule has 1 N–H and O–H groups in total. The van der Waals surface area contributed by atoms with Gasteiger partial charge in [0.15, 0.2) is 0 Å². The molecule has 0 bridgehead atoms. The molecule has 234 valence electrons. The van der Waals surface area contributed by atoms with Crippen LogP contribution in [0.2, 0.25) is 0 Å². The quantitative estimate of drug-likeness (QED) is 0.314. The maximum Gasteiger partial charge on any atom is 0.303 e. The zero-order chi connectivity index (χ0) is 33.3. The molecule has 3 amide bonds. The molecule has 10 nitrogen and oxygen atoms in total. The van der Waals surface area contributed by atoms with Crippen LogP contribution in [0.25, 0.3) is 14.5 Å². The normalized spacial score (nSPS) is 9.33. The van der Waals surface area contributed by atoms with E-state index in [1.165, 1.54) is 10.5 Å². The zero-order valence-electron chi connectivity index (χ0n) is 25.9. The lowest BCUT2D eigenvalue weighted by Crippen LogP contribution is -2.34. The number of amides is 3. The Bertz CT molecular complexity index is 1410. The first-order chi connectivity index (χ1) is 21.7. The summed E-state index contributed by atoms with van der Waals surface area (Å²) in [5, 5.41) is 8.86. The average Bonchev–Trinajstić information content (AvgIpc) is 3.06. The number of carbonyl (C=O) groups excluding carboxylic acids is 3. The highest BCUT2D eigenvalue weighted by molar-refractivity contribution is 5.80. The molecule has 0 aromatic heterocycles. The molecule has 0 heterocycles. The van der Waals surface area contributed by atoms with E-state index in [1.54, 1.807) is 23.9 Å². The molecule has 3 rings (SSSR count). The minimum absolute atomic E-state index is 0.0503. The number of likely N-dealkylation sites (N-methyl/N-ethyl adjacent to an activating group) is 2. The third kappa shape index (κ3) is 16.7. The van der Waals surface area contributed by atoms with Crippen LogP contribution in [-0.2, 0) is 33.9 Å². The number of aliphatic hydroxyl groups excluding tert-OH is 1. The monoisotopic (exact) mass is 608 g/mol. The van der Waals surface area contributed by atoms with E-state index in [0.717, 1.165) is 17.5 Å². The summed E-state index contributed by atoms with van der Waals surface area (Å²) in [5.41, 5.74) is 3.28. The van der Waals surface area contributed by atoms with E-state index < -0.39 is 0 Å². The molecule has 3 aromatic rings. The van der Waals surface area contributed by atoms with E-state index in [0.29, 0.717) is 19.6 Å². The highest BCUT2D eigenvalue weighted by Gasteiger charge is 2.15. The van der Waals surface area contributed by atoms with Crippen LogP contribution < -0.4 is 0 Å². The predicted molar refractivity (Wildman–Crippen MR) is 174 cm³/mol. The van der Waals surface area contributed by atoms with Crippen molar-refractivity contribution in [1.29, 1.82) is 0 Å². The molecule has 0 atom stereocenters. The number of nitrogens with zero attached hydrogens (tertiary/aromatic N) is 6. The van der Waals surface area contributed by atoms with Gasteiger partial charge < -0.3 is 34.3 Å². The van der Waals surface area contributed by atoms with Gasteiger partial charge in [-0.15, -0.1) is 0 Å². The van der Waals surface area contributed by atoms with E-state index in [2.05, 4.69) is 14.5 Å². The van der Waals surface area contributed by atoms with Gasteiger partial charge in [0.1, 0.15) is 0 Å². The zero-order valence-corrected chi connectivity index (χ0v) is 25.9. The number of hydrogen-bond acceptors (Lipinski definition) is 4. The van der Waals surface area contributed by atoms with Crippen LogP contribution in [0.3, 0.4) is 0 Å². The van der Waals surface area contributed by atoms with E-state index in [9.17, 15) is 14.4 Å². The Labute approximate surface area is 266 Å². The fourth-order valence-corrected chi connectivity index (χ4v) is 3.77. The largest absolute Gasteiger partial charge is 0.395 e. The van der Waals surface area contributed by atoms with E-state index in [4.69, 9.17) is 24.8 Å². The van der Waals surface area contributed by atoms with Gasteiger partial charge in [-0.1, -0.05) is 91.0 Å². The first kappa shape index (κ1) is 37.5. The van der Waals surface area contributed by atoms with Crippen LogP contribution in [0.1, 0.15) is 16.7 Å². The van der Waals surface area contributed by atoms with Crippen LogP contribution in [0.5, 0.6) is 0 Å². The molecule has 0 unspecified atom stereocenters. The summed E-state index contributed by atoms with van der Waals surface area (Å²) in [7, 11) is 3.44. The van der Waals surface area contributed by atoms with Gasteiger partial charge in [-0.2, -0.15) is 0 Å². The fraction of sp³-hybridized carbons (Fsp3) is 0.314. The van der Waals surface area contributed by atoms with Crippen molar-refractivity contribution in [2.45, 2.75) is 19.5 Å². The SMILES string of the molecule is [C-]#[N+]CC(=O)N(C)CCc1ccccc1.[C-]#[N+]CC(=O)N(C)Cc1ccccc1.[C-]#[N+]CC(=O)N(CCO)Cc1ccccc1. The Morgan fingerprint density at radius 1 is 0.578 bits per heavy atom. The molecule has 0 aliphatic rings. The van der Waals surface area contributed by atoms with E-state index in [1.807, 2.05) is 91.0 Å². The number of aliphatic hydroxyl groups is 1. The van der Waals surface area contributed by atoms with Gasteiger partial charge in [-0.05, 0) is 23.1 Å². The Kier molecular flexibility index (Phi) is 19.2. The standard InChI is InChI=1S/C12H14N2O2.C12H14N2O.C11H12N2O/c1-13-9-12(16)14(7-8-15)10-11-5-3-2-4-6-11;1-13-10-12(15)14(2)9-8-11-6-4-3-5-7-11;1-12-8-11(14)13(2)9-10-6-4-3-5-7-10/h2-6,15H,7-10H2;3-7H,8-10H2,2H3;3-7H,8-9H2,2H3. The van der Waals surface area contributed by atoms with Crippen molar-refractivity contribution >= 4 is 17.7 Å². The number of carbonyl (C=O) groups is 3. The van der Waals surface area contributed by atoms with Gasteiger partial charge in [0, 0.05) is 40.3 Å². The number of rotatable bonds is 12. The summed E-state index contributed by atoms with van der Waals surface area (Å²) in [4.78, 5) is 47.9. The van der Waals surface area contributed by atoms with Crippen molar-refractivity contribution in [2.24, 2.45) is 0 Å². The molecule has 0 radical (unpaired) electrons. The van der Waals surface area contributed by atoms with Gasteiger partial charge in [0.2, 0.25) is 0 Å². The molecular weight excluding hydrogens is 568 g/mol. The lowest BCUT2D eigenvalue weighted by atomic mass is 10.1. The molecule has 0 fully saturated rings. The smallest absolute Gasteiger partial charge is 0.303 e. The van der Waals surface area contributed by atoms with Crippen molar-refractivity contribution in [3.63, 3.8) is 0 Å². The van der Waals surface area contributed by atoms with Crippen LogP contribution >= 0.6 is 0 Å². The average molecular weight is 609 g/mol. The van der Waals surface area contributed by atoms with Gasteiger partial charge in [0.05, 0.1) is 6.61 Å². The molecule has 0 aliphatic heterocycles. The number of hydrogen-bond donors (Lipinski definition) is 1. The summed E-state index contributed by atoms with van der Waals surface area (Å²) in [6, 6.07) is 29.2. The minimum Gasteiger partial charge on any atom is -0.395 e. The molecule has 10 heteroatoms. The Hall–Kier alpha value is -5.50. The Morgan fingerprint density at radius 3 is 1.42 bits per heavy atom. The first-order valence-electron chi connectivity index (χ1n) is 14.2. The van der Waals surface area contributed by atoms with E-state index >= 15 is 0 Å². The molecule has 0 aliphatic carbocycles. The van der Waals surface area contributed by atoms with Gasteiger partial charge >= 0.3 is 17.7 Å². The first-order valence-corrected chi connectivity index (χ1v) is 14.2. The second kappa shape index (κ2) is 23.0. The molecule has 0 saturated heterocycles. The second-order valence-electron chi connectivity index (χ2n) is 9.76. The van der Waals surface area contributed by atoms with Crippen LogP contribution in [0, 0.1) is 19.7 Å². The van der Waals surface area contributed by atoms with Gasteiger partial charge in [0.25, 0.3) is 19.6 Å². The molecule has 3 aromatic carbocycles. The maximum atomic E-state index is 11.5. The Morgan fingerprint density at radius 2 is 0.978 bits per heavy atom. The highest BCUT2D eigenvalue weighted by Crippen LogP contribution is 2.05. The third-order valence-electron chi connectivity index (χ3n) is 6.27. The Balaban J connectivity index is 0.000000338. The lowest BCUT2D eigenvalue weighted by Gasteiger charge is -2.19. The van der Waals surface area contributed by atoms with Crippen molar-refractivity contribution < 1.29 is 19.5 Å². The third-order valence-corrected chi connectivity index (χ3v) is 6.27. The molecule has 0 spiro atoms. The second-order valence-corrected chi connectivity index (χ2v) is 9.76. The van der Waals surface area contributed by atoms with Crippen molar-refractivity contribution in [3.8, 4) is 0 Å². The summed E-state index contributed by atoms with van der Waals surface area (Å²) >= 11 is 0. The van der Waals surface area contributed by atoms with Crippen molar-refractivity contribution in [2.75, 3.05) is 53.4 Å². The van der Waals surface area contributed by atoms with Gasteiger partial charge in [-0.25, -0.2) is 19.7 Å². The lowest BCUT2D eigenvalue weighted by molar-refractivity contribution is -0.130. The summed E-state index contributed by atoms with van der Waals surface area (Å²) in [6.45, 7) is 21.4. The number of benzene rings is 3. The van der Waals surface area contributed by atoms with Crippen molar-refractivity contribution in [1.82, 2.24) is 14.7 Å². The minimum atomic E-state index is -0.243. The molecule has 0 saturated carbocycles. The van der Waals surface area contributed by atoms with E-state index in [-0.39, 0.29) is 50.5 Å². The maximum absolute atomic E-state index is 11.5. The summed E-state index contributed by atoms with van der Waals surface area (Å²) in [6.07, 6.45) is 0.834. The predicted octanol–water partition coefficient (Wildman–Crippen LogP) is 4.10. The fourth-order valence-electron chi connectivity index (χ4n) is 3.77. The van der Waals surface area contributed by atoms with Crippen molar-refractivity contribution in [3.05, 3.63) is 142 Å². The summed E-state index contributed by atoms with van der Waals surface area (Å²) in [5.74, 6) is -0.488. The van der Waals surface area contributed by atoms with Gasteiger partial charge in [-0.3, -0.25) is 14.4 Å². The van der Waals surface area contributed by atoms with Crippen LogP contribution in [-0.4, -0.2) is 91.0 Å². The molecule has 45 heavy (non-hydrogen) atoms. The highest BCUT2D eigenvalue weighted by atomic mass is 16.3. The van der Waals surface area contributed by atoms with Crippen LogP contribution in [0.4, 0.5) is 0 Å².